The van der Waals surface area contributed by atoms with Gasteiger partial charge in [-0.2, -0.15) is 0 Å². The van der Waals surface area contributed by atoms with Gasteiger partial charge in [0.15, 0.2) is 0 Å². The monoisotopic (exact) mass is 303 g/mol. The maximum atomic E-state index is 4.77. The molecule has 0 aromatic heterocycles. The van der Waals surface area contributed by atoms with Crippen LogP contribution in [0, 0.1) is 13.8 Å². The van der Waals surface area contributed by atoms with E-state index in [2.05, 4.69) is 75.9 Å². The van der Waals surface area contributed by atoms with Crippen LogP contribution >= 0.6 is 0 Å². The van der Waals surface area contributed by atoms with E-state index < -0.39 is 0 Å². The Balaban J connectivity index is 2.09. The van der Waals surface area contributed by atoms with Gasteiger partial charge in [0.05, 0.1) is 5.69 Å². The van der Waals surface area contributed by atoms with E-state index >= 15 is 0 Å². The summed E-state index contributed by atoms with van der Waals surface area (Å²) in [4.78, 5) is 4.77. The summed E-state index contributed by atoms with van der Waals surface area (Å²) in [7, 11) is 0. The van der Waals surface area contributed by atoms with Crippen molar-refractivity contribution in [2.75, 3.05) is 0 Å². The lowest BCUT2D eigenvalue weighted by Crippen LogP contribution is -1.97. The summed E-state index contributed by atoms with van der Waals surface area (Å²) in [6, 6.07) is 15.0. The molecule has 0 spiro atoms. The van der Waals surface area contributed by atoms with Crippen LogP contribution in [0.25, 0.3) is 6.08 Å². The number of benzene rings is 2. The van der Waals surface area contributed by atoms with Crippen LogP contribution in [-0.4, -0.2) is 5.71 Å². The van der Waals surface area contributed by atoms with Crippen molar-refractivity contribution in [1.82, 2.24) is 0 Å². The third kappa shape index (κ3) is 5.37. The molecule has 0 amide bonds. The Hall–Kier alpha value is -2.41. The summed E-state index contributed by atoms with van der Waals surface area (Å²) < 4.78 is 0. The van der Waals surface area contributed by atoms with Gasteiger partial charge in [-0.25, -0.2) is 0 Å². The molecule has 2 rings (SSSR count). The Morgan fingerprint density at radius 2 is 1.74 bits per heavy atom. The maximum Gasteiger partial charge on any atom is 0.0658 e. The van der Waals surface area contributed by atoms with E-state index in [0.29, 0.717) is 0 Å². The van der Waals surface area contributed by atoms with Crippen molar-refractivity contribution in [3.05, 3.63) is 82.9 Å². The van der Waals surface area contributed by atoms with Gasteiger partial charge in [0.2, 0.25) is 0 Å². The maximum absolute atomic E-state index is 4.77. The van der Waals surface area contributed by atoms with Gasteiger partial charge < -0.3 is 0 Å². The molecule has 118 valence electrons. The fraction of sp³-hybridized carbons (Fsp3) is 0.227. The lowest BCUT2D eigenvalue weighted by Gasteiger charge is -2.05. The second kappa shape index (κ2) is 7.73. The SMILES string of the molecule is C=C(C)/C=C/c1ccc(CC(C)=Nc2ccc(C)cc2C)cc1. The van der Waals surface area contributed by atoms with Crippen LogP contribution in [-0.2, 0) is 6.42 Å². The highest BCUT2D eigenvalue weighted by molar-refractivity contribution is 5.87. The molecule has 0 saturated heterocycles. The summed E-state index contributed by atoms with van der Waals surface area (Å²) in [5.41, 5.74) is 8.23. The van der Waals surface area contributed by atoms with Crippen LogP contribution in [0.1, 0.15) is 36.1 Å². The van der Waals surface area contributed by atoms with E-state index in [1.807, 2.05) is 13.0 Å². The molecule has 0 unspecified atom stereocenters. The number of hydrogen-bond acceptors (Lipinski definition) is 1. The average Bonchev–Trinajstić information content (AvgIpc) is 2.49. The van der Waals surface area contributed by atoms with Gasteiger partial charge in [-0.1, -0.05) is 66.3 Å². The van der Waals surface area contributed by atoms with Crippen LogP contribution in [0.4, 0.5) is 5.69 Å². The summed E-state index contributed by atoms with van der Waals surface area (Å²) >= 11 is 0. The molecule has 0 N–H and O–H groups in total. The fourth-order valence-corrected chi connectivity index (χ4v) is 2.46. The minimum atomic E-state index is 0.873. The Labute approximate surface area is 140 Å². The van der Waals surface area contributed by atoms with Gasteiger partial charge in [0, 0.05) is 12.1 Å². The molecule has 0 aliphatic rings. The van der Waals surface area contributed by atoms with Crippen molar-refractivity contribution in [2.24, 2.45) is 4.99 Å². The Morgan fingerprint density at radius 3 is 2.35 bits per heavy atom. The third-order valence-corrected chi connectivity index (χ3v) is 3.66. The predicted octanol–water partition coefficient (Wildman–Crippen LogP) is 6.23. The van der Waals surface area contributed by atoms with Gasteiger partial charge in [-0.3, -0.25) is 4.99 Å². The lowest BCUT2D eigenvalue weighted by molar-refractivity contribution is 1.27. The minimum Gasteiger partial charge on any atom is -0.258 e. The fourth-order valence-electron chi connectivity index (χ4n) is 2.46. The van der Waals surface area contributed by atoms with E-state index in [-0.39, 0.29) is 0 Å². The Kier molecular flexibility index (Phi) is 5.70. The number of allylic oxidation sites excluding steroid dienone is 2. The zero-order valence-corrected chi connectivity index (χ0v) is 14.6. The molecule has 1 heteroatoms. The highest BCUT2D eigenvalue weighted by Gasteiger charge is 2.00. The van der Waals surface area contributed by atoms with Crippen LogP contribution in [0.2, 0.25) is 0 Å². The van der Waals surface area contributed by atoms with Crippen molar-refractivity contribution in [2.45, 2.75) is 34.1 Å². The number of nitrogens with zero attached hydrogens (tertiary/aromatic N) is 1. The Morgan fingerprint density at radius 1 is 1.04 bits per heavy atom. The Bertz CT molecular complexity index is 746. The first kappa shape index (κ1) is 17.0. The second-order valence-corrected chi connectivity index (χ2v) is 6.24. The molecule has 0 aliphatic carbocycles. The van der Waals surface area contributed by atoms with Gasteiger partial charge in [0.1, 0.15) is 0 Å². The van der Waals surface area contributed by atoms with Crippen molar-refractivity contribution in [3.8, 4) is 0 Å². The first-order valence-electron chi connectivity index (χ1n) is 7.98. The highest BCUT2D eigenvalue weighted by Crippen LogP contribution is 2.20. The molecular formula is C22H25N. The molecule has 0 bridgehead atoms. The molecule has 1 nitrogen and oxygen atoms in total. The van der Waals surface area contributed by atoms with E-state index in [1.54, 1.807) is 0 Å². The van der Waals surface area contributed by atoms with E-state index in [0.717, 1.165) is 23.4 Å². The normalized spacial score (nSPS) is 11.9. The summed E-state index contributed by atoms with van der Waals surface area (Å²) in [5, 5.41) is 0. The largest absolute Gasteiger partial charge is 0.258 e. The van der Waals surface area contributed by atoms with E-state index in [4.69, 9.17) is 4.99 Å². The smallest absolute Gasteiger partial charge is 0.0658 e. The highest BCUT2D eigenvalue weighted by atomic mass is 14.7. The molecule has 0 heterocycles. The summed E-state index contributed by atoms with van der Waals surface area (Å²) in [5.74, 6) is 0. The van der Waals surface area contributed by atoms with Crippen LogP contribution in [0.3, 0.4) is 0 Å². The summed E-state index contributed by atoms with van der Waals surface area (Å²) in [6.45, 7) is 12.2. The molecule has 0 radical (unpaired) electrons. The number of aliphatic imine (C=N–C) groups is 1. The van der Waals surface area contributed by atoms with Gasteiger partial charge in [-0.05, 0) is 50.5 Å². The minimum absolute atomic E-state index is 0.873. The third-order valence-electron chi connectivity index (χ3n) is 3.66. The standard InChI is InChI=1S/C22H25N/c1-16(2)6-8-20-9-11-21(12-10-20)15-19(5)23-22-13-7-17(3)14-18(22)4/h6-14H,1,15H2,2-5H3/b8-6+,23-19?. The quantitative estimate of drug-likeness (QED) is 0.459. The number of aryl methyl sites for hydroxylation is 2. The van der Waals surface area contributed by atoms with Gasteiger partial charge in [0.25, 0.3) is 0 Å². The van der Waals surface area contributed by atoms with Crippen molar-refractivity contribution in [1.29, 1.82) is 0 Å². The molecule has 0 fully saturated rings. The molecule has 2 aromatic carbocycles. The van der Waals surface area contributed by atoms with Gasteiger partial charge in [-0.15, -0.1) is 0 Å². The number of hydrogen-bond donors (Lipinski definition) is 0. The van der Waals surface area contributed by atoms with Crippen molar-refractivity contribution in [3.63, 3.8) is 0 Å². The average molecular weight is 303 g/mol. The molecule has 0 aliphatic heterocycles. The summed E-state index contributed by atoms with van der Waals surface area (Å²) in [6.07, 6.45) is 4.99. The van der Waals surface area contributed by atoms with Crippen molar-refractivity contribution >= 4 is 17.5 Å². The molecule has 2 aromatic rings. The van der Waals surface area contributed by atoms with Crippen LogP contribution in [0.5, 0.6) is 0 Å². The first-order valence-corrected chi connectivity index (χ1v) is 7.98. The molecule has 0 saturated carbocycles. The molecule has 0 atom stereocenters. The topological polar surface area (TPSA) is 12.4 Å². The first-order chi connectivity index (χ1) is 10.9. The van der Waals surface area contributed by atoms with E-state index in [9.17, 15) is 0 Å². The van der Waals surface area contributed by atoms with Crippen LogP contribution < -0.4 is 0 Å². The zero-order chi connectivity index (χ0) is 16.8. The van der Waals surface area contributed by atoms with Crippen LogP contribution in [0.15, 0.2) is 65.7 Å². The van der Waals surface area contributed by atoms with Gasteiger partial charge >= 0.3 is 0 Å². The van der Waals surface area contributed by atoms with Crippen molar-refractivity contribution < 1.29 is 0 Å². The van der Waals surface area contributed by atoms with E-state index in [1.165, 1.54) is 22.3 Å². The molecular weight excluding hydrogens is 278 g/mol. The second-order valence-electron chi connectivity index (χ2n) is 6.24. The molecule has 23 heavy (non-hydrogen) atoms. The number of rotatable bonds is 5. The predicted molar refractivity (Wildman–Crippen MR) is 103 cm³/mol. The zero-order valence-electron chi connectivity index (χ0n) is 14.6. The lowest BCUT2D eigenvalue weighted by atomic mass is 10.1.